The molecular formula is C15H23FN4O2. The molecular weight excluding hydrogens is 287 g/mol. The number of ether oxygens (including phenoxy) is 1. The van der Waals surface area contributed by atoms with Gasteiger partial charge in [-0.15, -0.1) is 0 Å². The first kappa shape index (κ1) is 16.5. The lowest BCUT2D eigenvalue weighted by Gasteiger charge is -2.34. The van der Waals surface area contributed by atoms with Crippen LogP contribution in [0.2, 0.25) is 0 Å². The quantitative estimate of drug-likeness (QED) is 0.555. The van der Waals surface area contributed by atoms with Gasteiger partial charge in [-0.1, -0.05) is 6.07 Å². The molecule has 0 bridgehead atoms. The molecule has 1 aliphatic rings. The molecule has 0 unspecified atom stereocenters. The average molecular weight is 310 g/mol. The summed E-state index contributed by atoms with van der Waals surface area (Å²) in [6.07, 6.45) is 1.55. The third-order valence-electron chi connectivity index (χ3n) is 3.79. The second-order valence-electron chi connectivity index (χ2n) is 5.43. The monoisotopic (exact) mass is 310 g/mol. The van der Waals surface area contributed by atoms with E-state index < -0.39 is 5.67 Å². The molecule has 0 radical (unpaired) electrons. The molecule has 7 heteroatoms. The lowest BCUT2D eigenvalue weighted by Crippen LogP contribution is -2.47. The smallest absolute Gasteiger partial charge is 0.215 e. The number of aromatic nitrogens is 1. The van der Waals surface area contributed by atoms with Crippen LogP contribution in [-0.4, -0.2) is 61.8 Å². The van der Waals surface area contributed by atoms with E-state index in [2.05, 4.69) is 15.6 Å². The van der Waals surface area contributed by atoms with E-state index in [0.717, 1.165) is 12.2 Å². The number of nitrogens with one attached hydrogen (secondary N) is 2. The molecule has 2 rings (SSSR count). The Bertz CT molecular complexity index is 478. The number of amides is 1. The summed E-state index contributed by atoms with van der Waals surface area (Å²) in [6, 6.07) is 5.50. The fraction of sp³-hybridized carbons (Fsp3) is 0.600. The van der Waals surface area contributed by atoms with Crippen LogP contribution in [0.4, 0.5) is 10.2 Å². The Kier molecular flexibility index (Phi) is 5.94. The van der Waals surface area contributed by atoms with Crippen LogP contribution in [0.15, 0.2) is 18.2 Å². The third-order valence-corrected chi connectivity index (χ3v) is 3.79. The Balaban J connectivity index is 1.63. The molecule has 0 atom stereocenters. The van der Waals surface area contributed by atoms with Crippen LogP contribution < -0.4 is 15.4 Å². The Morgan fingerprint density at radius 3 is 2.91 bits per heavy atom. The standard InChI is InChI=1S/C15H23FN4O2/c1-17-13-3-2-4-14(19-13)22-10-7-18-11-15(16)5-8-20(12-21)9-6-15/h2-4,12,18H,5-11H2,1H3,(H,17,19). The van der Waals surface area contributed by atoms with Gasteiger partial charge >= 0.3 is 0 Å². The molecule has 0 aromatic carbocycles. The van der Waals surface area contributed by atoms with Crippen molar-refractivity contribution < 1.29 is 13.9 Å². The number of pyridine rings is 1. The van der Waals surface area contributed by atoms with Crippen molar-refractivity contribution in [3.8, 4) is 5.88 Å². The molecule has 0 saturated carbocycles. The van der Waals surface area contributed by atoms with E-state index in [1.807, 2.05) is 12.1 Å². The van der Waals surface area contributed by atoms with Crippen molar-refractivity contribution in [1.82, 2.24) is 15.2 Å². The highest BCUT2D eigenvalue weighted by Gasteiger charge is 2.33. The predicted octanol–water partition coefficient (Wildman–Crippen LogP) is 1.05. The normalized spacial score (nSPS) is 17.1. The molecule has 0 aliphatic carbocycles. The molecule has 1 saturated heterocycles. The molecule has 1 fully saturated rings. The number of nitrogens with zero attached hydrogens (tertiary/aromatic N) is 2. The van der Waals surface area contributed by atoms with Crippen LogP contribution in [0, 0.1) is 0 Å². The average Bonchev–Trinajstić information content (AvgIpc) is 2.55. The zero-order valence-corrected chi connectivity index (χ0v) is 12.8. The first-order chi connectivity index (χ1) is 10.6. The van der Waals surface area contributed by atoms with Crippen LogP contribution >= 0.6 is 0 Å². The van der Waals surface area contributed by atoms with E-state index in [0.29, 0.717) is 45.0 Å². The summed E-state index contributed by atoms with van der Waals surface area (Å²) in [6.45, 7) is 2.23. The number of carbonyl (C=O) groups excluding carboxylic acids is 1. The van der Waals surface area contributed by atoms with E-state index >= 15 is 0 Å². The number of hydrogen-bond acceptors (Lipinski definition) is 5. The summed E-state index contributed by atoms with van der Waals surface area (Å²) in [7, 11) is 1.80. The first-order valence-electron chi connectivity index (χ1n) is 7.52. The topological polar surface area (TPSA) is 66.5 Å². The number of hydrogen-bond donors (Lipinski definition) is 2. The van der Waals surface area contributed by atoms with Crippen molar-refractivity contribution in [2.24, 2.45) is 0 Å². The molecule has 22 heavy (non-hydrogen) atoms. The van der Waals surface area contributed by atoms with Crippen molar-refractivity contribution >= 4 is 12.2 Å². The van der Waals surface area contributed by atoms with E-state index in [1.54, 1.807) is 18.0 Å². The summed E-state index contributed by atoms with van der Waals surface area (Å²) in [5.74, 6) is 1.29. The fourth-order valence-corrected chi connectivity index (χ4v) is 2.38. The Morgan fingerprint density at radius 2 is 2.23 bits per heavy atom. The van der Waals surface area contributed by atoms with Gasteiger partial charge in [0.25, 0.3) is 0 Å². The van der Waals surface area contributed by atoms with Crippen molar-refractivity contribution in [3.63, 3.8) is 0 Å². The second kappa shape index (κ2) is 7.93. The molecule has 1 aromatic rings. The molecule has 1 aromatic heterocycles. The summed E-state index contributed by atoms with van der Waals surface area (Å²) in [5, 5.41) is 6.02. The van der Waals surface area contributed by atoms with E-state index in [-0.39, 0.29) is 6.54 Å². The minimum absolute atomic E-state index is 0.285. The van der Waals surface area contributed by atoms with Crippen molar-refractivity contribution in [3.05, 3.63) is 18.2 Å². The lowest BCUT2D eigenvalue weighted by atomic mass is 9.93. The first-order valence-corrected chi connectivity index (χ1v) is 7.52. The van der Waals surface area contributed by atoms with Gasteiger partial charge in [0, 0.05) is 52.1 Å². The van der Waals surface area contributed by atoms with Gasteiger partial charge in [-0.3, -0.25) is 4.79 Å². The van der Waals surface area contributed by atoms with Crippen molar-refractivity contribution in [2.75, 3.05) is 45.2 Å². The van der Waals surface area contributed by atoms with Gasteiger partial charge in [0.05, 0.1) is 0 Å². The Hall–Kier alpha value is -1.89. The van der Waals surface area contributed by atoms with Gasteiger partial charge in [-0.2, -0.15) is 4.98 Å². The fourth-order valence-electron chi connectivity index (χ4n) is 2.38. The van der Waals surface area contributed by atoms with E-state index in [1.165, 1.54) is 0 Å². The molecule has 6 nitrogen and oxygen atoms in total. The van der Waals surface area contributed by atoms with Gasteiger partial charge in [0.2, 0.25) is 12.3 Å². The number of likely N-dealkylation sites (tertiary alicyclic amines) is 1. The second-order valence-corrected chi connectivity index (χ2v) is 5.43. The van der Waals surface area contributed by atoms with Gasteiger partial charge in [0.1, 0.15) is 18.1 Å². The minimum Gasteiger partial charge on any atom is -0.476 e. The number of anilines is 1. The molecule has 0 spiro atoms. The van der Waals surface area contributed by atoms with Gasteiger partial charge in [0.15, 0.2) is 0 Å². The van der Waals surface area contributed by atoms with Crippen LogP contribution in [0.3, 0.4) is 0 Å². The predicted molar refractivity (Wildman–Crippen MR) is 82.9 cm³/mol. The minimum atomic E-state index is -1.23. The Morgan fingerprint density at radius 1 is 1.45 bits per heavy atom. The summed E-state index contributed by atoms with van der Waals surface area (Å²) in [4.78, 5) is 16.5. The maximum absolute atomic E-state index is 14.5. The number of rotatable bonds is 8. The highest BCUT2D eigenvalue weighted by Crippen LogP contribution is 2.25. The van der Waals surface area contributed by atoms with Crippen molar-refractivity contribution in [1.29, 1.82) is 0 Å². The maximum Gasteiger partial charge on any atom is 0.215 e. The maximum atomic E-state index is 14.5. The zero-order valence-electron chi connectivity index (χ0n) is 12.8. The van der Waals surface area contributed by atoms with Crippen LogP contribution in [-0.2, 0) is 4.79 Å². The van der Waals surface area contributed by atoms with Crippen molar-refractivity contribution in [2.45, 2.75) is 18.5 Å². The van der Waals surface area contributed by atoms with Gasteiger partial charge in [-0.25, -0.2) is 4.39 Å². The highest BCUT2D eigenvalue weighted by molar-refractivity contribution is 5.47. The largest absolute Gasteiger partial charge is 0.476 e. The third kappa shape index (κ3) is 4.84. The van der Waals surface area contributed by atoms with Crippen LogP contribution in [0.1, 0.15) is 12.8 Å². The molecule has 1 aliphatic heterocycles. The summed E-state index contributed by atoms with van der Waals surface area (Å²) >= 11 is 0. The summed E-state index contributed by atoms with van der Waals surface area (Å²) in [5.41, 5.74) is -1.23. The number of alkyl halides is 1. The number of carbonyl (C=O) groups is 1. The van der Waals surface area contributed by atoms with Crippen LogP contribution in [0.5, 0.6) is 5.88 Å². The molecule has 2 N–H and O–H groups in total. The molecule has 2 heterocycles. The molecule has 122 valence electrons. The van der Waals surface area contributed by atoms with E-state index in [9.17, 15) is 9.18 Å². The van der Waals surface area contributed by atoms with Crippen LogP contribution in [0.25, 0.3) is 0 Å². The lowest BCUT2D eigenvalue weighted by molar-refractivity contribution is -0.120. The number of piperidine rings is 1. The van der Waals surface area contributed by atoms with Gasteiger partial charge < -0.3 is 20.3 Å². The number of halogens is 1. The summed E-state index contributed by atoms with van der Waals surface area (Å²) < 4.78 is 20.0. The zero-order chi connectivity index (χ0) is 15.8. The van der Waals surface area contributed by atoms with E-state index in [4.69, 9.17) is 4.74 Å². The Labute approximate surface area is 130 Å². The SMILES string of the molecule is CNc1cccc(OCCNCC2(F)CCN(C=O)CC2)n1. The highest BCUT2D eigenvalue weighted by atomic mass is 19.1. The molecule has 1 amide bonds. The van der Waals surface area contributed by atoms with Gasteiger partial charge in [-0.05, 0) is 6.07 Å².